The third kappa shape index (κ3) is 3.29. The number of furan rings is 1. The van der Waals surface area contributed by atoms with Gasteiger partial charge in [-0.15, -0.1) is 0 Å². The third-order valence-corrected chi connectivity index (χ3v) is 4.85. The van der Waals surface area contributed by atoms with Crippen LogP contribution < -0.4 is 14.8 Å². The van der Waals surface area contributed by atoms with Crippen molar-refractivity contribution in [2.24, 2.45) is 5.41 Å². The van der Waals surface area contributed by atoms with E-state index in [0.29, 0.717) is 41.4 Å². The Morgan fingerprint density at radius 2 is 2.04 bits per heavy atom. The summed E-state index contributed by atoms with van der Waals surface area (Å²) < 4.78 is 16.3. The number of rotatable bonds is 4. The molecule has 2 N–H and O–H groups in total. The van der Waals surface area contributed by atoms with Crippen molar-refractivity contribution in [1.82, 2.24) is 0 Å². The Morgan fingerprint density at radius 3 is 2.69 bits per heavy atom. The summed E-state index contributed by atoms with van der Waals surface area (Å²) in [5.74, 6) is 1.68. The predicted octanol–water partition coefficient (Wildman–Crippen LogP) is 3.86. The van der Waals surface area contributed by atoms with E-state index in [0.717, 1.165) is 5.56 Å². The smallest absolute Gasteiger partial charge is 0.291 e. The van der Waals surface area contributed by atoms with Gasteiger partial charge in [0, 0.05) is 23.6 Å². The maximum absolute atomic E-state index is 12.8. The van der Waals surface area contributed by atoms with Gasteiger partial charge in [0.2, 0.25) is 0 Å². The highest BCUT2D eigenvalue weighted by atomic mass is 16.5. The molecule has 1 aliphatic carbocycles. The van der Waals surface area contributed by atoms with Gasteiger partial charge in [-0.05, 0) is 30.9 Å². The molecule has 0 aliphatic heterocycles. The van der Waals surface area contributed by atoms with Crippen molar-refractivity contribution in [2.45, 2.75) is 39.7 Å². The molecule has 0 radical (unpaired) electrons. The van der Waals surface area contributed by atoms with Gasteiger partial charge in [-0.25, -0.2) is 0 Å². The van der Waals surface area contributed by atoms with E-state index in [9.17, 15) is 9.90 Å². The van der Waals surface area contributed by atoms with Crippen molar-refractivity contribution in [3.05, 3.63) is 40.8 Å². The highest BCUT2D eigenvalue weighted by Crippen LogP contribution is 2.44. The van der Waals surface area contributed by atoms with E-state index in [1.807, 2.05) is 6.92 Å². The first-order valence-electron chi connectivity index (χ1n) is 8.59. The van der Waals surface area contributed by atoms with Gasteiger partial charge in [-0.1, -0.05) is 13.8 Å². The number of aliphatic hydroxyl groups is 1. The van der Waals surface area contributed by atoms with Crippen molar-refractivity contribution in [3.63, 3.8) is 0 Å². The lowest BCUT2D eigenvalue weighted by atomic mass is 9.75. The molecule has 1 amide bonds. The lowest BCUT2D eigenvalue weighted by Gasteiger charge is -2.31. The zero-order valence-electron chi connectivity index (χ0n) is 15.8. The Kier molecular flexibility index (Phi) is 4.71. The Labute approximate surface area is 153 Å². The summed E-state index contributed by atoms with van der Waals surface area (Å²) in [6.07, 6.45) is 0.724. The molecule has 26 heavy (non-hydrogen) atoms. The molecule has 2 aromatic rings. The SMILES string of the molecule is COc1ccc(NC(=O)c2oc3c(c2C)[C@H](O)CC(C)(C)C3)c(OC)c1. The molecule has 0 saturated heterocycles. The molecule has 140 valence electrons. The summed E-state index contributed by atoms with van der Waals surface area (Å²) in [6, 6.07) is 5.15. The fourth-order valence-corrected chi connectivity index (χ4v) is 3.58. The van der Waals surface area contributed by atoms with Gasteiger partial charge < -0.3 is 24.3 Å². The number of hydrogen-bond acceptors (Lipinski definition) is 5. The quantitative estimate of drug-likeness (QED) is 0.866. The van der Waals surface area contributed by atoms with E-state index < -0.39 is 6.10 Å². The fraction of sp³-hybridized carbons (Fsp3) is 0.450. The number of methoxy groups -OCH3 is 2. The molecule has 0 unspecified atom stereocenters. The minimum atomic E-state index is -0.616. The maximum Gasteiger partial charge on any atom is 0.291 e. The second-order valence-electron chi connectivity index (χ2n) is 7.47. The zero-order chi connectivity index (χ0) is 19.1. The topological polar surface area (TPSA) is 80.9 Å². The van der Waals surface area contributed by atoms with Crippen molar-refractivity contribution in [1.29, 1.82) is 0 Å². The number of anilines is 1. The molecule has 1 heterocycles. The van der Waals surface area contributed by atoms with E-state index in [1.165, 1.54) is 7.11 Å². The summed E-state index contributed by atoms with van der Waals surface area (Å²) in [5.41, 5.74) is 1.89. The lowest BCUT2D eigenvalue weighted by molar-refractivity contribution is 0.0910. The van der Waals surface area contributed by atoms with Crippen LogP contribution in [0.4, 0.5) is 5.69 Å². The molecule has 0 bridgehead atoms. The van der Waals surface area contributed by atoms with Crippen LogP contribution in [-0.2, 0) is 6.42 Å². The van der Waals surface area contributed by atoms with Crippen molar-refractivity contribution in [2.75, 3.05) is 19.5 Å². The Morgan fingerprint density at radius 1 is 1.31 bits per heavy atom. The Bertz CT molecular complexity index is 837. The second kappa shape index (κ2) is 6.68. The minimum absolute atomic E-state index is 0.0658. The van der Waals surface area contributed by atoms with E-state index in [-0.39, 0.29) is 17.1 Å². The number of ether oxygens (including phenoxy) is 2. The number of benzene rings is 1. The normalized spacial score (nSPS) is 18.2. The molecule has 0 spiro atoms. The average Bonchev–Trinajstić information content (AvgIpc) is 2.90. The van der Waals surface area contributed by atoms with Crippen molar-refractivity contribution < 1.29 is 23.8 Å². The standard InChI is InChI=1S/C20H25NO5/c1-11-17-14(22)9-20(2,3)10-16(17)26-18(11)19(23)21-13-7-6-12(24-4)8-15(13)25-5/h6-8,14,22H,9-10H2,1-5H3,(H,21,23)/t14-/m1/s1. The number of amides is 1. The number of hydrogen-bond donors (Lipinski definition) is 2. The van der Waals surface area contributed by atoms with Crippen LogP contribution in [-0.4, -0.2) is 25.2 Å². The summed E-state index contributed by atoms with van der Waals surface area (Å²) in [7, 11) is 3.09. The molecule has 6 nitrogen and oxygen atoms in total. The first kappa shape index (κ1) is 18.3. The molecule has 6 heteroatoms. The monoisotopic (exact) mass is 359 g/mol. The Hall–Kier alpha value is -2.47. The highest BCUT2D eigenvalue weighted by Gasteiger charge is 2.37. The number of nitrogens with one attached hydrogen (secondary N) is 1. The summed E-state index contributed by atoms with van der Waals surface area (Å²) in [4.78, 5) is 12.8. The van der Waals surface area contributed by atoms with Crippen molar-refractivity contribution >= 4 is 11.6 Å². The van der Waals surface area contributed by atoms with E-state index in [2.05, 4.69) is 19.2 Å². The molecule has 1 aromatic heterocycles. The molecule has 3 rings (SSSR count). The number of carbonyl (C=O) groups is 1. The van der Waals surface area contributed by atoms with Crippen LogP contribution in [0.25, 0.3) is 0 Å². The van der Waals surface area contributed by atoms with Crippen LogP contribution in [0.1, 0.15) is 53.8 Å². The van der Waals surface area contributed by atoms with Gasteiger partial charge in [0.15, 0.2) is 5.76 Å². The Balaban J connectivity index is 1.90. The molecule has 0 saturated carbocycles. The predicted molar refractivity (Wildman–Crippen MR) is 98.0 cm³/mol. The fourth-order valence-electron chi connectivity index (χ4n) is 3.58. The van der Waals surface area contributed by atoms with Crippen LogP contribution in [0, 0.1) is 12.3 Å². The van der Waals surface area contributed by atoms with Crippen molar-refractivity contribution in [3.8, 4) is 11.5 Å². The van der Waals surface area contributed by atoms with Gasteiger partial charge in [0.1, 0.15) is 17.3 Å². The number of fused-ring (bicyclic) bond motifs is 1. The molecule has 1 aliphatic rings. The summed E-state index contributed by atoms with van der Waals surface area (Å²) in [6.45, 7) is 5.97. The first-order valence-corrected chi connectivity index (χ1v) is 8.59. The maximum atomic E-state index is 12.8. The largest absolute Gasteiger partial charge is 0.497 e. The highest BCUT2D eigenvalue weighted by molar-refractivity contribution is 6.04. The minimum Gasteiger partial charge on any atom is -0.497 e. The van der Waals surface area contributed by atoms with E-state index in [1.54, 1.807) is 25.3 Å². The van der Waals surface area contributed by atoms with Crippen LogP contribution in [0.2, 0.25) is 0 Å². The molecular weight excluding hydrogens is 334 g/mol. The van der Waals surface area contributed by atoms with E-state index >= 15 is 0 Å². The van der Waals surface area contributed by atoms with Gasteiger partial charge in [-0.2, -0.15) is 0 Å². The van der Waals surface area contributed by atoms with Gasteiger partial charge in [-0.3, -0.25) is 4.79 Å². The van der Waals surface area contributed by atoms with Crippen LogP contribution in [0.15, 0.2) is 22.6 Å². The number of aliphatic hydroxyl groups excluding tert-OH is 1. The lowest BCUT2D eigenvalue weighted by Crippen LogP contribution is -2.24. The molecule has 0 fully saturated rings. The summed E-state index contributed by atoms with van der Waals surface area (Å²) >= 11 is 0. The average molecular weight is 359 g/mol. The zero-order valence-corrected chi connectivity index (χ0v) is 15.8. The molecule has 1 aromatic carbocycles. The molecule has 1 atom stereocenters. The molecular formula is C20H25NO5. The van der Waals surface area contributed by atoms with Gasteiger partial charge in [0.25, 0.3) is 5.91 Å². The van der Waals surface area contributed by atoms with Gasteiger partial charge in [0.05, 0.1) is 26.0 Å². The first-order chi connectivity index (χ1) is 12.3. The van der Waals surface area contributed by atoms with Crippen LogP contribution >= 0.6 is 0 Å². The van der Waals surface area contributed by atoms with Crippen LogP contribution in [0.5, 0.6) is 11.5 Å². The van der Waals surface area contributed by atoms with Crippen LogP contribution in [0.3, 0.4) is 0 Å². The second-order valence-corrected chi connectivity index (χ2v) is 7.47. The summed E-state index contributed by atoms with van der Waals surface area (Å²) in [5, 5.41) is 13.3. The number of carbonyl (C=O) groups excluding carboxylic acids is 1. The van der Waals surface area contributed by atoms with Gasteiger partial charge >= 0.3 is 0 Å². The van der Waals surface area contributed by atoms with E-state index in [4.69, 9.17) is 13.9 Å². The third-order valence-electron chi connectivity index (χ3n) is 4.85.